The Morgan fingerprint density at radius 2 is 1.64 bits per heavy atom. The molecule has 0 aliphatic carbocycles. The number of thiazole rings is 1. The van der Waals surface area contributed by atoms with E-state index in [0.29, 0.717) is 21.9 Å². The van der Waals surface area contributed by atoms with Crippen LogP contribution >= 0.6 is 23.1 Å². The Morgan fingerprint density at radius 3 is 2.36 bits per heavy atom. The highest BCUT2D eigenvalue weighted by Crippen LogP contribution is 2.28. The second-order valence-corrected chi connectivity index (χ2v) is 12.7. The minimum absolute atomic E-state index is 0.194. The number of fused-ring (bicyclic) bond motifs is 1. The van der Waals surface area contributed by atoms with Gasteiger partial charge in [0.2, 0.25) is 4.96 Å². The molecule has 44 heavy (non-hydrogen) atoms. The summed E-state index contributed by atoms with van der Waals surface area (Å²) in [6.45, 7) is 5.10. The molecule has 0 spiro atoms. The first-order valence-corrected chi connectivity index (χ1v) is 17.0. The summed E-state index contributed by atoms with van der Waals surface area (Å²) in [6, 6.07) is 26.2. The van der Waals surface area contributed by atoms with Crippen molar-refractivity contribution < 1.29 is 4.74 Å². The quantitative estimate of drug-likeness (QED) is 0.0973. The summed E-state index contributed by atoms with van der Waals surface area (Å²) in [5.41, 5.74) is 4.26. The number of para-hydroxylation sites is 1. The van der Waals surface area contributed by atoms with Crippen molar-refractivity contribution in [2.24, 2.45) is 0 Å². The van der Waals surface area contributed by atoms with E-state index >= 15 is 0 Å². The van der Waals surface area contributed by atoms with Crippen molar-refractivity contribution in [3.8, 4) is 34.1 Å². The SMILES string of the molecule is CCCCCCOc1ccc(-c2nc3sc(=Cc4cn(-c5ccccc5)nc4-c4ccc(SCCC)cc4)c(=O)n3n2)cc1. The first-order chi connectivity index (χ1) is 21.6. The van der Waals surface area contributed by atoms with E-state index < -0.39 is 0 Å². The molecule has 0 saturated carbocycles. The van der Waals surface area contributed by atoms with E-state index in [0.717, 1.165) is 52.4 Å². The number of aromatic nitrogens is 5. The van der Waals surface area contributed by atoms with Crippen LogP contribution in [0.3, 0.4) is 0 Å². The lowest BCUT2D eigenvalue weighted by Crippen LogP contribution is -2.23. The number of benzene rings is 3. The maximum atomic E-state index is 13.5. The predicted molar refractivity (Wildman–Crippen MR) is 181 cm³/mol. The summed E-state index contributed by atoms with van der Waals surface area (Å²) in [6.07, 6.45) is 9.68. The minimum Gasteiger partial charge on any atom is -0.494 e. The standard InChI is InChI=1S/C35H35N5O2S2/c1-3-5-6-10-21-42-29-17-13-26(14-18-29)33-36-35-40(38-33)34(41)31(44-35)23-27-24-39(28-11-8-7-9-12-28)37-32(27)25-15-19-30(20-16-25)43-22-4-2/h7-9,11-20,23-24H,3-6,10,21-22H2,1-2H3. The van der Waals surface area contributed by atoms with Crippen molar-refractivity contribution >= 4 is 34.1 Å². The lowest BCUT2D eigenvalue weighted by molar-refractivity contribution is 0.305. The second kappa shape index (κ2) is 14.1. The van der Waals surface area contributed by atoms with Crippen LogP contribution in [0.15, 0.2) is 94.7 Å². The number of thioether (sulfide) groups is 1. The Balaban J connectivity index is 1.29. The maximum absolute atomic E-state index is 13.5. The molecular weight excluding hydrogens is 587 g/mol. The molecule has 0 saturated heterocycles. The molecule has 0 aliphatic rings. The zero-order valence-electron chi connectivity index (χ0n) is 25.0. The lowest BCUT2D eigenvalue weighted by atomic mass is 10.1. The lowest BCUT2D eigenvalue weighted by Gasteiger charge is -2.06. The summed E-state index contributed by atoms with van der Waals surface area (Å²) in [4.78, 5) is 20.0. The van der Waals surface area contributed by atoms with Gasteiger partial charge in [-0.25, -0.2) is 4.68 Å². The van der Waals surface area contributed by atoms with Crippen LogP contribution in [0.1, 0.15) is 51.5 Å². The Hall–Kier alpha value is -4.21. The highest BCUT2D eigenvalue weighted by molar-refractivity contribution is 7.99. The van der Waals surface area contributed by atoms with Crippen molar-refractivity contribution in [2.75, 3.05) is 12.4 Å². The van der Waals surface area contributed by atoms with Gasteiger partial charge in [-0.15, -0.1) is 16.9 Å². The van der Waals surface area contributed by atoms with Gasteiger partial charge >= 0.3 is 0 Å². The molecule has 6 rings (SSSR count). The average molecular weight is 622 g/mol. The van der Waals surface area contributed by atoms with Crippen LogP contribution in [-0.2, 0) is 0 Å². The van der Waals surface area contributed by atoms with Gasteiger partial charge in [0.1, 0.15) is 5.75 Å². The summed E-state index contributed by atoms with van der Waals surface area (Å²) >= 11 is 3.18. The van der Waals surface area contributed by atoms with Crippen LogP contribution in [0.4, 0.5) is 0 Å². The monoisotopic (exact) mass is 621 g/mol. The Labute approximate surface area is 265 Å². The largest absolute Gasteiger partial charge is 0.494 e. The van der Waals surface area contributed by atoms with Crippen molar-refractivity contribution in [2.45, 2.75) is 50.8 Å². The fourth-order valence-electron chi connectivity index (χ4n) is 4.88. The van der Waals surface area contributed by atoms with Gasteiger partial charge < -0.3 is 4.74 Å². The molecule has 0 aliphatic heterocycles. The van der Waals surface area contributed by atoms with Crippen molar-refractivity contribution in [3.63, 3.8) is 0 Å². The predicted octanol–water partition coefficient (Wildman–Crippen LogP) is 7.68. The van der Waals surface area contributed by atoms with Crippen LogP contribution < -0.4 is 14.8 Å². The molecule has 0 bridgehead atoms. The maximum Gasteiger partial charge on any atom is 0.291 e. The third kappa shape index (κ3) is 6.79. The van der Waals surface area contributed by atoms with Crippen LogP contribution in [0, 0.1) is 0 Å². The molecule has 3 aromatic heterocycles. The fourth-order valence-corrected chi connectivity index (χ4v) is 6.54. The Bertz CT molecular complexity index is 1930. The van der Waals surface area contributed by atoms with Gasteiger partial charge in [0.25, 0.3) is 5.56 Å². The number of rotatable bonds is 13. The first kappa shape index (κ1) is 29.8. The average Bonchev–Trinajstić information content (AvgIpc) is 3.76. The Kier molecular flexibility index (Phi) is 9.53. The summed E-state index contributed by atoms with van der Waals surface area (Å²) in [5.74, 6) is 2.43. The van der Waals surface area contributed by atoms with Gasteiger partial charge in [-0.05, 0) is 73.2 Å². The minimum atomic E-state index is -0.194. The zero-order chi connectivity index (χ0) is 30.3. The van der Waals surface area contributed by atoms with Crippen molar-refractivity contribution in [3.05, 3.63) is 106 Å². The molecule has 0 atom stereocenters. The van der Waals surface area contributed by atoms with Crippen molar-refractivity contribution in [1.29, 1.82) is 0 Å². The number of hydrogen-bond donors (Lipinski definition) is 0. The van der Waals surface area contributed by atoms with Crippen LogP contribution in [0.2, 0.25) is 0 Å². The van der Waals surface area contributed by atoms with Gasteiger partial charge in [0, 0.05) is 27.8 Å². The van der Waals surface area contributed by atoms with Crippen LogP contribution in [0.25, 0.3) is 39.4 Å². The molecular formula is C35H35N5O2S2. The van der Waals surface area contributed by atoms with E-state index in [1.807, 2.05) is 83.3 Å². The second-order valence-electron chi connectivity index (χ2n) is 10.6. The van der Waals surface area contributed by atoms with E-state index in [-0.39, 0.29) is 5.56 Å². The van der Waals surface area contributed by atoms with E-state index in [4.69, 9.17) is 9.84 Å². The van der Waals surface area contributed by atoms with E-state index in [1.54, 1.807) is 0 Å². The normalized spacial score (nSPS) is 11.9. The fraction of sp³-hybridized carbons (Fsp3) is 0.257. The molecule has 3 aromatic carbocycles. The van der Waals surface area contributed by atoms with E-state index in [9.17, 15) is 4.79 Å². The van der Waals surface area contributed by atoms with Gasteiger partial charge in [-0.1, -0.05) is 74.8 Å². The highest BCUT2D eigenvalue weighted by Gasteiger charge is 2.15. The first-order valence-electron chi connectivity index (χ1n) is 15.2. The van der Waals surface area contributed by atoms with Gasteiger partial charge in [-0.3, -0.25) is 4.79 Å². The molecule has 0 fully saturated rings. The molecule has 9 heteroatoms. The number of unbranched alkanes of at least 4 members (excludes halogenated alkanes) is 3. The molecule has 224 valence electrons. The molecule has 0 unspecified atom stereocenters. The molecule has 0 radical (unpaired) electrons. The summed E-state index contributed by atoms with van der Waals surface area (Å²) < 4.78 is 9.68. The number of hydrogen-bond acceptors (Lipinski definition) is 7. The number of nitrogens with zero attached hydrogens (tertiary/aromatic N) is 5. The molecule has 6 aromatic rings. The Morgan fingerprint density at radius 1 is 0.864 bits per heavy atom. The van der Waals surface area contributed by atoms with Gasteiger partial charge in [-0.2, -0.15) is 14.6 Å². The molecule has 7 nitrogen and oxygen atoms in total. The zero-order valence-corrected chi connectivity index (χ0v) is 26.6. The van der Waals surface area contributed by atoms with Gasteiger partial charge in [0.05, 0.1) is 22.5 Å². The van der Waals surface area contributed by atoms with E-state index in [2.05, 4.69) is 48.2 Å². The van der Waals surface area contributed by atoms with Crippen LogP contribution in [0.5, 0.6) is 5.75 Å². The summed E-state index contributed by atoms with van der Waals surface area (Å²) in [5, 5.41) is 9.49. The molecule has 0 amide bonds. The van der Waals surface area contributed by atoms with Crippen molar-refractivity contribution in [1.82, 2.24) is 24.4 Å². The molecule has 0 N–H and O–H groups in total. The van der Waals surface area contributed by atoms with Gasteiger partial charge in [0.15, 0.2) is 5.82 Å². The van der Waals surface area contributed by atoms with E-state index in [1.165, 1.54) is 40.0 Å². The third-order valence-corrected chi connectivity index (χ3v) is 9.39. The molecule has 3 heterocycles. The topological polar surface area (TPSA) is 74.3 Å². The van der Waals surface area contributed by atoms with Crippen LogP contribution in [-0.4, -0.2) is 36.7 Å². The summed E-state index contributed by atoms with van der Waals surface area (Å²) in [7, 11) is 0. The smallest absolute Gasteiger partial charge is 0.291 e. The highest BCUT2D eigenvalue weighted by atomic mass is 32.2. The number of ether oxygens (including phenoxy) is 1. The third-order valence-electron chi connectivity index (χ3n) is 7.21.